The van der Waals surface area contributed by atoms with Gasteiger partial charge in [-0.3, -0.25) is 0 Å². The van der Waals surface area contributed by atoms with Crippen molar-refractivity contribution in [2.45, 2.75) is 37.7 Å². The topological polar surface area (TPSA) is 33.3 Å². The summed E-state index contributed by atoms with van der Waals surface area (Å²) in [6, 6.07) is 8.79. The first-order chi connectivity index (χ1) is 9.42. The van der Waals surface area contributed by atoms with Crippen LogP contribution in [0.3, 0.4) is 0 Å². The summed E-state index contributed by atoms with van der Waals surface area (Å²) in [6.45, 7) is 4.41. The summed E-state index contributed by atoms with van der Waals surface area (Å²) in [5.41, 5.74) is 1.47. The number of hydrogen-bond donors (Lipinski definition) is 2. The third kappa shape index (κ3) is 3.48. The molecule has 1 atom stereocenters. The Hall–Kier alpha value is -1.06. The van der Waals surface area contributed by atoms with E-state index in [0.29, 0.717) is 6.10 Å². The number of piperidine rings is 2. The lowest BCUT2D eigenvalue weighted by Gasteiger charge is -2.25. The van der Waals surface area contributed by atoms with Gasteiger partial charge in [0, 0.05) is 6.54 Å². The predicted molar refractivity (Wildman–Crippen MR) is 77.8 cm³/mol. The first kappa shape index (κ1) is 12.9. The molecule has 3 heteroatoms. The van der Waals surface area contributed by atoms with Crippen LogP contribution in [0, 0.1) is 0 Å². The van der Waals surface area contributed by atoms with E-state index < -0.39 is 0 Å². The lowest BCUT2D eigenvalue weighted by atomic mass is 9.90. The predicted octanol–water partition coefficient (Wildman–Crippen LogP) is 2.28. The number of benzene rings is 1. The minimum absolute atomic E-state index is 0.346. The monoisotopic (exact) mass is 260 g/mol. The number of hydrogen-bond acceptors (Lipinski definition) is 3. The van der Waals surface area contributed by atoms with Gasteiger partial charge in [0.1, 0.15) is 11.9 Å². The summed E-state index contributed by atoms with van der Waals surface area (Å²) in [6.07, 6.45) is 5.25. The van der Waals surface area contributed by atoms with Crippen LogP contribution in [0.1, 0.15) is 37.2 Å². The van der Waals surface area contributed by atoms with Gasteiger partial charge in [0.2, 0.25) is 0 Å². The Morgan fingerprint density at radius 3 is 2.37 bits per heavy atom. The summed E-state index contributed by atoms with van der Waals surface area (Å²) >= 11 is 0. The van der Waals surface area contributed by atoms with Gasteiger partial charge in [-0.25, -0.2) is 0 Å². The van der Waals surface area contributed by atoms with Crippen molar-refractivity contribution in [3.63, 3.8) is 0 Å². The van der Waals surface area contributed by atoms with Crippen molar-refractivity contribution in [2.24, 2.45) is 0 Å². The lowest BCUT2D eigenvalue weighted by Crippen LogP contribution is -2.37. The van der Waals surface area contributed by atoms with E-state index in [1.807, 2.05) is 0 Å². The fraction of sp³-hybridized carbons (Fsp3) is 0.625. The summed E-state index contributed by atoms with van der Waals surface area (Å²) in [5.74, 6) is 1.75. The molecule has 1 unspecified atom stereocenters. The second kappa shape index (κ2) is 6.40. The van der Waals surface area contributed by atoms with Gasteiger partial charge in [-0.1, -0.05) is 12.1 Å². The van der Waals surface area contributed by atoms with Crippen LogP contribution in [0.25, 0.3) is 0 Å². The Morgan fingerprint density at radius 1 is 0.895 bits per heavy atom. The molecule has 2 heterocycles. The van der Waals surface area contributed by atoms with Gasteiger partial charge in [-0.15, -0.1) is 0 Å². The quantitative estimate of drug-likeness (QED) is 0.875. The molecule has 2 saturated heterocycles. The second-order valence-corrected chi connectivity index (χ2v) is 5.68. The molecule has 0 aliphatic carbocycles. The highest BCUT2D eigenvalue weighted by Crippen LogP contribution is 2.27. The standard InChI is InChI=1S/C16H24N2O/c1-2-16(12-18-9-1)19-15-5-3-13(4-6-15)14-7-10-17-11-8-14/h3-6,14,16-18H,1-2,7-12H2. The first-order valence-electron chi connectivity index (χ1n) is 7.60. The molecule has 19 heavy (non-hydrogen) atoms. The Kier molecular flexibility index (Phi) is 4.36. The molecule has 104 valence electrons. The van der Waals surface area contributed by atoms with E-state index in [-0.39, 0.29) is 0 Å². The molecule has 0 saturated carbocycles. The summed E-state index contributed by atoms with van der Waals surface area (Å²) < 4.78 is 6.02. The molecule has 1 aromatic rings. The van der Waals surface area contributed by atoms with Crippen molar-refractivity contribution in [3.8, 4) is 5.75 Å². The Morgan fingerprint density at radius 2 is 1.68 bits per heavy atom. The van der Waals surface area contributed by atoms with Crippen molar-refractivity contribution in [1.29, 1.82) is 0 Å². The highest BCUT2D eigenvalue weighted by molar-refractivity contribution is 5.30. The van der Waals surface area contributed by atoms with Crippen LogP contribution in [0.2, 0.25) is 0 Å². The van der Waals surface area contributed by atoms with E-state index >= 15 is 0 Å². The Labute approximate surface area is 115 Å². The van der Waals surface area contributed by atoms with Crippen LogP contribution < -0.4 is 15.4 Å². The van der Waals surface area contributed by atoms with E-state index in [9.17, 15) is 0 Å². The molecule has 0 radical (unpaired) electrons. The van der Waals surface area contributed by atoms with E-state index in [1.165, 1.54) is 31.2 Å². The molecular formula is C16H24N2O. The fourth-order valence-electron chi connectivity index (χ4n) is 3.09. The summed E-state index contributed by atoms with van der Waals surface area (Å²) in [7, 11) is 0. The normalized spacial score (nSPS) is 25.2. The summed E-state index contributed by atoms with van der Waals surface area (Å²) in [4.78, 5) is 0. The minimum atomic E-state index is 0.346. The molecule has 2 aliphatic rings. The molecule has 0 spiro atoms. The second-order valence-electron chi connectivity index (χ2n) is 5.68. The average molecular weight is 260 g/mol. The van der Waals surface area contributed by atoms with Crippen LogP contribution in [-0.2, 0) is 0 Å². The maximum absolute atomic E-state index is 6.02. The molecule has 2 N–H and O–H groups in total. The number of nitrogens with one attached hydrogen (secondary N) is 2. The van der Waals surface area contributed by atoms with Crippen molar-refractivity contribution >= 4 is 0 Å². The maximum atomic E-state index is 6.02. The number of ether oxygens (including phenoxy) is 1. The third-order valence-corrected chi connectivity index (χ3v) is 4.25. The molecule has 0 aromatic heterocycles. The van der Waals surface area contributed by atoms with E-state index in [0.717, 1.165) is 37.8 Å². The molecule has 2 fully saturated rings. The van der Waals surface area contributed by atoms with Gasteiger partial charge in [0.25, 0.3) is 0 Å². The van der Waals surface area contributed by atoms with E-state index in [1.54, 1.807) is 0 Å². The molecule has 3 nitrogen and oxygen atoms in total. The van der Waals surface area contributed by atoms with Crippen LogP contribution in [0.5, 0.6) is 5.75 Å². The van der Waals surface area contributed by atoms with Gasteiger partial charge >= 0.3 is 0 Å². The van der Waals surface area contributed by atoms with Crippen LogP contribution in [-0.4, -0.2) is 32.3 Å². The zero-order valence-electron chi connectivity index (χ0n) is 11.5. The minimum Gasteiger partial charge on any atom is -0.489 e. The molecular weight excluding hydrogens is 236 g/mol. The van der Waals surface area contributed by atoms with Gasteiger partial charge in [0.05, 0.1) is 0 Å². The lowest BCUT2D eigenvalue weighted by molar-refractivity contribution is 0.167. The molecule has 0 bridgehead atoms. The molecule has 1 aromatic carbocycles. The number of rotatable bonds is 3. The molecule has 0 amide bonds. The Balaban J connectivity index is 1.58. The van der Waals surface area contributed by atoms with E-state index in [2.05, 4.69) is 34.9 Å². The van der Waals surface area contributed by atoms with Gasteiger partial charge in [-0.2, -0.15) is 0 Å². The highest BCUT2D eigenvalue weighted by atomic mass is 16.5. The van der Waals surface area contributed by atoms with Gasteiger partial charge in [0.15, 0.2) is 0 Å². The zero-order chi connectivity index (χ0) is 12.9. The Bertz CT molecular complexity index is 378. The smallest absolute Gasteiger partial charge is 0.119 e. The molecule has 3 rings (SSSR count). The van der Waals surface area contributed by atoms with Gasteiger partial charge in [-0.05, 0) is 68.9 Å². The van der Waals surface area contributed by atoms with Gasteiger partial charge < -0.3 is 15.4 Å². The largest absolute Gasteiger partial charge is 0.489 e. The maximum Gasteiger partial charge on any atom is 0.119 e. The highest BCUT2D eigenvalue weighted by Gasteiger charge is 2.16. The van der Waals surface area contributed by atoms with Crippen molar-refractivity contribution < 1.29 is 4.74 Å². The first-order valence-corrected chi connectivity index (χ1v) is 7.60. The summed E-state index contributed by atoms with van der Waals surface area (Å²) in [5, 5.41) is 6.80. The third-order valence-electron chi connectivity index (χ3n) is 4.25. The van der Waals surface area contributed by atoms with E-state index in [4.69, 9.17) is 4.74 Å². The van der Waals surface area contributed by atoms with Crippen LogP contribution in [0.15, 0.2) is 24.3 Å². The average Bonchev–Trinajstić information content (AvgIpc) is 2.50. The van der Waals surface area contributed by atoms with Crippen molar-refractivity contribution in [1.82, 2.24) is 10.6 Å². The zero-order valence-corrected chi connectivity index (χ0v) is 11.5. The van der Waals surface area contributed by atoms with Crippen molar-refractivity contribution in [3.05, 3.63) is 29.8 Å². The molecule has 2 aliphatic heterocycles. The SMILES string of the molecule is c1cc(C2CCNCC2)ccc1OC1CCCNC1. The van der Waals surface area contributed by atoms with Crippen molar-refractivity contribution in [2.75, 3.05) is 26.2 Å². The van der Waals surface area contributed by atoms with Crippen LogP contribution in [0.4, 0.5) is 0 Å². The van der Waals surface area contributed by atoms with Crippen LogP contribution >= 0.6 is 0 Å². The fourth-order valence-corrected chi connectivity index (χ4v) is 3.09.